The van der Waals surface area contributed by atoms with E-state index in [2.05, 4.69) is 19.4 Å². The maximum absolute atomic E-state index is 11.8. The molecule has 2 aromatic rings. The van der Waals surface area contributed by atoms with Gasteiger partial charge in [-0.25, -0.2) is 8.42 Å². The highest BCUT2D eigenvalue weighted by atomic mass is 35.5. The summed E-state index contributed by atoms with van der Waals surface area (Å²) in [4.78, 5) is 3.60. The van der Waals surface area contributed by atoms with Gasteiger partial charge in [0.1, 0.15) is 16.8 Å². The first-order valence-electron chi connectivity index (χ1n) is 4.11. The zero-order valence-corrected chi connectivity index (χ0v) is 9.36. The third-order valence-electron chi connectivity index (χ3n) is 1.71. The van der Waals surface area contributed by atoms with E-state index in [1.807, 2.05) is 0 Å². The molecule has 0 radical (unpaired) electrons. The fraction of sp³-hybridized carbons (Fsp3) is 0. The lowest BCUT2D eigenvalue weighted by atomic mass is 10.5. The predicted octanol–water partition coefficient (Wildman–Crippen LogP) is 1.52. The molecule has 0 spiro atoms. The van der Waals surface area contributed by atoms with Crippen molar-refractivity contribution < 1.29 is 12.9 Å². The molecule has 0 aromatic carbocycles. The van der Waals surface area contributed by atoms with Crippen LogP contribution in [0, 0.1) is 0 Å². The molecule has 8 heteroatoms. The van der Waals surface area contributed by atoms with E-state index in [9.17, 15) is 8.42 Å². The third-order valence-corrected chi connectivity index (χ3v) is 3.56. The minimum absolute atomic E-state index is 0.0963. The molecule has 0 aliphatic heterocycles. The van der Waals surface area contributed by atoms with Gasteiger partial charge in [0.2, 0.25) is 0 Å². The summed E-state index contributed by atoms with van der Waals surface area (Å²) in [5.41, 5.74) is 0.222. The summed E-state index contributed by atoms with van der Waals surface area (Å²) in [5.74, 6) is 0. The first-order chi connectivity index (χ1) is 7.59. The highest BCUT2D eigenvalue weighted by molar-refractivity contribution is 7.92. The zero-order chi connectivity index (χ0) is 11.6. The summed E-state index contributed by atoms with van der Waals surface area (Å²) < 4.78 is 30.4. The number of halogens is 1. The van der Waals surface area contributed by atoms with Gasteiger partial charge in [0.25, 0.3) is 10.0 Å². The van der Waals surface area contributed by atoms with Crippen molar-refractivity contribution in [1.29, 1.82) is 0 Å². The lowest BCUT2D eigenvalue weighted by molar-refractivity contribution is 0.420. The Morgan fingerprint density at radius 1 is 1.38 bits per heavy atom. The van der Waals surface area contributed by atoms with Crippen LogP contribution >= 0.6 is 11.6 Å². The molecular formula is C8H6ClN3O3S. The van der Waals surface area contributed by atoms with Crippen LogP contribution in [0.4, 0.5) is 5.69 Å². The molecule has 0 bridgehead atoms. The number of nitrogens with zero attached hydrogens (tertiary/aromatic N) is 2. The smallest absolute Gasteiger partial charge is 0.265 e. The SMILES string of the molecule is O=S(=O)(Nc1cnoc1)c1cnccc1Cl. The topological polar surface area (TPSA) is 85.1 Å². The van der Waals surface area contributed by atoms with Crippen LogP contribution in [0.2, 0.25) is 5.02 Å². The Balaban J connectivity index is 2.37. The zero-order valence-electron chi connectivity index (χ0n) is 7.79. The van der Waals surface area contributed by atoms with Crippen molar-refractivity contribution in [2.75, 3.05) is 4.72 Å². The maximum Gasteiger partial charge on any atom is 0.265 e. The fourth-order valence-electron chi connectivity index (χ4n) is 1.03. The lowest BCUT2D eigenvalue weighted by Crippen LogP contribution is -2.13. The van der Waals surface area contributed by atoms with Crippen LogP contribution < -0.4 is 4.72 Å². The number of pyridine rings is 1. The molecule has 2 rings (SSSR count). The molecular weight excluding hydrogens is 254 g/mol. The van der Waals surface area contributed by atoms with Crippen LogP contribution in [0.3, 0.4) is 0 Å². The van der Waals surface area contributed by atoms with E-state index in [0.29, 0.717) is 0 Å². The number of sulfonamides is 1. The second-order valence-corrected chi connectivity index (χ2v) is 4.88. The minimum Gasteiger partial charge on any atom is -0.362 e. The molecule has 0 saturated carbocycles. The van der Waals surface area contributed by atoms with Crippen LogP contribution in [0.5, 0.6) is 0 Å². The van der Waals surface area contributed by atoms with E-state index < -0.39 is 10.0 Å². The van der Waals surface area contributed by atoms with Crippen molar-refractivity contribution in [3.05, 3.63) is 35.9 Å². The van der Waals surface area contributed by atoms with Gasteiger partial charge >= 0.3 is 0 Å². The van der Waals surface area contributed by atoms with Crippen molar-refractivity contribution in [3.63, 3.8) is 0 Å². The number of aromatic nitrogens is 2. The number of hydrogen-bond acceptors (Lipinski definition) is 5. The van der Waals surface area contributed by atoms with Crippen molar-refractivity contribution in [2.24, 2.45) is 0 Å². The van der Waals surface area contributed by atoms with Crippen molar-refractivity contribution in [2.45, 2.75) is 4.90 Å². The second-order valence-electron chi connectivity index (χ2n) is 2.82. The average molecular weight is 260 g/mol. The largest absolute Gasteiger partial charge is 0.362 e. The molecule has 2 aromatic heterocycles. The van der Waals surface area contributed by atoms with Gasteiger partial charge in [-0.05, 0) is 6.07 Å². The van der Waals surface area contributed by atoms with E-state index >= 15 is 0 Å². The molecule has 0 fully saturated rings. The number of hydrogen-bond donors (Lipinski definition) is 1. The summed E-state index contributed by atoms with van der Waals surface area (Å²) in [7, 11) is -3.76. The average Bonchev–Trinajstić information content (AvgIpc) is 2.70. The van der Waals surface area contributed by atoms with Gasteiger partial charge in [0.15, 0.2) is 0 Å². The van der Waals surface area contributed by atoms with Crippen molar-refractivity contribution in [1.82, 2.24) is 10.1 Å². The molecule has 0 atom stereocenters. The van der Waals surface area contributed by atoms with Crippen LogP contribution in [-0.2, 0) is 10.0 Å². The van der Waals surface area contributed by atoms with Gasteiger partial charge in [-0.1, -0.05) is 16.8 Å². The van der Waals surface area contributed by atoms with Crippen LogP contribution in [-0.4, -0.2) is 18.6 Å². The van der Waals surface area contributed by atoms with E-state index in [4.69, 9.17) is 11.6 Å². The van der Waals surface area contributed by atoms with Gasteiger partial charge < -0.3 is 4.52 Å². The Morgan fingerprint density at radius 3 is 2.81 bits per heavy atom. The lowest BCUT2D eigenvalue weighted by Gasteiger charge is -2.05. The summed E-state index contributed by atoms with van der Waals surface area (Å²) in [6.07, 6.45) is 4.97. The molecule has 0 saturated heterocycles. The summed E-state index contributed by atoms with van der Waals surface area (Å²) >= 11 is 5.75. The molecule has 2 heterocycles. The van der Waals surface area contributed by atoms with E-state index in [1.165, 1.54) is 24.7 Å². The molecule has 0 unspecified atom stereocenters. The molecule has 0 aliphatic rings. The van der Waals surface area contributed by atoms with Crippen LogP contribution in [0.25, 0.3) is 0 Å². The highest BCUT2D eigenvalue weighted by Crippen LogP contribution is 2.21. The van der Waals surface area contributed by atoms with Gasteiger partial charge in [-0.3, -0.25) is 9.71 Å². The Morgan fingerprint density at radius 2 is 2.19 bits per heavy atom. The Labute approximate surface area is 96.3 Å². The minimum atomic E-state index is -3.76. The van der Waals surface area contributed by atoms with Crippen molar-refractivity contribution >= 4 is 27.3 Å². The molecule has 16 heavy (non-hydrogen) atoms. The molecule has 0 amide bonds. The Bertz CT molecular complexity index is 582. The monoisotopic (exact) mass is 259 g/mol. The van der Waals surface area contributed by atoms with Gasteiger partial charge in [-0.2, -0.15) is 0 Å². The van der Waals surface area contributed by atoms with Crippen LogP contribution in [0.15, 0.2) is 40.3 Å². The van der Waals surface area contributed by atoms with E-state index in [1.54, 1.807) is 0 Å². The molecule has 6 nitrogen and oxygen atoms in total. The first-order valence-corrected chi connectivity index (χ1v) is 5.97. The normalized spacial score (nSPS) is 11.3. The quantitative estimate of drug-likeness (QED) is 0.903. The summed E-state index contributed by atoms with van der Waals surface area (Å²) in [6.45, 7) is 0. The second kappa shape index (κ2) is 4.11. The Kier molecular flexibility index (Phi) is 2.80. The summed E-state index contributed by atoms with van der Waals surface area (Å²) in [6, 6.07) is 1.39. The fourth-order valence-corrected chi connectivity index (χ4v) is 2.48. The maximum atomic E-state index is 11.8. The van der Waals surface area contributed by atoms with Gasteiger partial charge in [0.05, 0.1) is 11.2 Å². The van der Waals surface area contributed by atoms with Gasteiger partial charge in [-0.15, -0.1) is 0 Å². The molecule has 0 aliphatic carbocycles. The van der Waals surface area contributed by atoms with Crippen molar-refractivity contribution in [3.8, 4) is 0 Å². The number of rotatable bonds is 3. The number of nitrogens with one attached hydrogen (secondary N) is 1. The first kappa shape index (κ1) is 10.9. The molecule has 84 valence electrons. The van der Waals surface area contributed by atoms with E-state index in [0.717, 1.165) is 6.20 Å². The van der Waals surface area contributed by atoms with E-state index in [-0.39, 0.29) is 15.6 Å². The standard InChI is InChI=1S/C8H6ClN3O3S/c9-7-1-2-10-4-8(7)16(13,14)12-6-3-11-15-5-6/h1-5,12H. The third kappa shape index (κ3) is 2.15. The predicted molar refractivity (Wildman–Crippen MR) is 56.6 cm³/mol. The Hall–Kier alpha value is -1.60. The number of anilines is 1. The molecule has 1 N–H and O–H groups in total. The van der Waals surface area contributed by atoms with Gasteiger partial charge in [0, 0.05) is 12.4 Å². The summed E-state index contributed by atoms with van der Waals surface area (Å²) in [5, 5.41) is 3.47. The van der Waals surface area contributed by atoms with Crippen LogP contribution in [0.1, 0.15) is 0 Å². The highest BCUT2D eigenvalue weighted by Gasteiger charge is 2.18.